The lowest BCUT2D eigenvalue weighted by Crippen LogP contribution is -2.54. The highest BCUT2D eigenvalue weighted by atomic mass is 19.4. The zero-order valence-electron chi connectivity index (χ0n) is 21.9. The lowest BCUT2D eigenvalue weighted by atomic mass is 9.89. The summed E-state index contributed by atoms with van der Waals surface area (Å²) in [4.78, 5) is 22.5. The number of nitrogens with one attached hydrogen (secondary N) is 1. The molecule has 1 aliphatic heterocycles. The maximum atomic E-state index is 14.2. The van der Waals surface area contributed by atoms with Gasteiger partial charge in [0.25, 0.3) is 0 Å². The maximum Gasteiger partial charge on any atom is 0.419 e. The Morgan fingerprint density at radius 3 is 2.38 bits per heavy atom. The first-order valence-electron chi connectivity index (χ1n) is 12.0. The van der Waals surface area contributed by atoms with Crippen LogP contribution in [0.5, 0.6) is 5.75 Å². The normalized spacial score (nSPS) is 16.1. The molecule has 8 nitrogen and oxygen atoms in total. The number of anilines is 1. The summed E-state index contributed by atoms with van der Waals surface area (Å²) >= 11 is 0. The van der Waals surface area contributed by atoms with Crippen LogP contribution < -0.4 is 15.0 Å². The monoisotopic (exact) mass is 519 g/mol. The number of imidazole rings is 1. The average molecular weight is 520 g/mol. The molecule has 0 saturated carbocycles. The molecule has 3 aromatic rings. The summed E-state index contributed by atoms with van der Waals surface area (Å²) in [6.07, 6.45) is 0.687. The lowest BCUT2D eigenvalue weighted by Gasteiger charge is -2.41. The van der Waals surface area contributed by atoms with Crippen molar-refractivity contribution in [2.45, 2.75) is 64.8 Å². The summed E-state index contributed by atoms with van der Waals surface area (Å²) in [5, 5.41) is 2.88. The number of aromatic nitrogens is 3. The number of rotatable bonds is 4. The Kier molecular flexibility index (Phi) is 6.76. The van der Waals surface area contributed by atoms with Gasteiger partial charge in [0.1, 0.15) is 11.4 Å². The predicted octanol–water partition coefficient (Wildman–Crippen LogP) is 5.62. The van der Waals surface area contributed by atoms with Crippen LogP contribution in [0.15, 0.2) is 30.7 Å². The third-order valence-corrected chi connectivity index (χ3v) is 6.33. The summed E-state index contributed by atoms with van der Waals surface area (Å²) < 4.78 is 55.1. The van der Waals surface area contributed by atoms with Crippen molar-refractivity contribution in [3.8, 4) is 16.9 Å². The molecule has 11 heteroatoms. The zero-order chi connectivity index (χ0) is 27.2. The van der Waals surface area contributed by atoms with Crippen molar-refractivity contribution >= 4 is 17.6 Å². The first-order chi connectivity index (χ1) is 17.2. The van der Waals surface area contributed by atoms with E-state index in [1.165, 1.54) is 13.3 Å². The molecule has 3 aromatic heterocycles. The number of alkyl halides is 3. The Morgan fingerprint density at radius 1 is 1.11 bits per heavy atom. The van der Waals surface area contributed by atoms with Crippen LogP contribution in [0, 0.1) is 6.92 Å². The Labute approximate surface area is 213 Å². The van der Waals surface area contributed by atoms with Gasteiger partial charge in [0.15, 0.2) is 11.4 Å². The molecule has 0 unspecified atom stereocenters. The lowest BCUT2D eigenvalue weighted by molar-refractivity contribution is -0.137. The van der Waals surface area contributed by atoms with Crippen LogP contribution in [0.3, 0.4) is 0 Å². The molecule has 200 valence electrons. The molecule has 1 N–H and O–H groups in total. The van der Waals surface area contributed by atoms with Crippen molar-refractivity contribution in [3.63, 3.8) is 0 Å². The Hall–Kier alpha value is -3.50. The predicted molar refractivity (Wildman–Crippen MR) is 134 cm³/mol. The number of hydrogen-bond acceptors (Lipinski definition) is 6. The summed E-state index contributed by atoms with van der Waals surface area (Å²) in [5.74, 6) is 0.332. The van der Waals surface area contributed by atoms with Crippen LogP contribution in [-0.2, 0) is 10.9 Å². The van der Waals surface area contributed by atoms with E-state index >= 15 is 0 Å². The summed E-state index contributed by atoms with van der Waals surface area (Å²) in [7, 11) is 1.49. The minimum Gasteiger partial charge on any atom is -0.493 e. The molecule has 0 atom stereocenters. The van der Waals surface area contributed by atoms with Crippen molar-refractivity contribution in [1.82, 2.24) is 19.7 Å². The van der Waals surface area contributed by atoms with Crippen LogP contribution in [-0.4, -0.2) is 51.8 Å². The van der Waals surface area contributed by atoms with Crippen LogP contribution in [0.1, 0.15) is 51.8 Å². The van der Waals surface area contributed by atoms with E-state index in [1.54, 1.807) is 48.5 Å². The summed E-state index contributed by atoms with van der Waals surface area (Å²) in [6, 6.07) is 2.78. The SMILES string of the molecule is COc1cc(-c2cnc(N3CCC(C)(NC(=O)OC(C)(C)C)CC3)c(C(F)(F)F)c2)cn2cc(C)nc12. The number of alkyl carbamates (subject to hydrolysis) is 1. The second kappa shape index (κ2) is 9.42. The zero-order valence-corrected chi connectivity index (χ0v) is 21.9. The molecule has 37 heavy (non-hydrogen) atoms. The molecule has 0 bridgehead atoms. The highest BCUT2D eigenvalue weighted by Gasteiger charge is 2.39. The Bertz CT molecular complexity index is 1310. The quantitative estimate of drug-likeness (QED) is 0.482. The first kappa shape index (κ1) is 26.6. The summed E-state index contributed by atoms with van der Waals surface area (Å²) in [6.45, 7) is 9.63. The van der Waals surface area contributed by atoms with E-state index in [0.29, 0.717) is 48.5 Å². The van der Waals surface area contributed by atoms with Crippen molar-refractivity contribution < 1.29 is 27.4 Å². The second-order valence-electron chi connectivity index (χ2n) is 10.7. The molecule has 1 saturated heterocycles. The van der Waals surface area contributed by atoms with E-state index in [1.807, 2.05) is 13.8 Å². The molecule has 1 amide bonds. The van der Waals surface area contributed by atoms with E-state index in [9.17, 15) is 18.0 Å². The number of carbonyl (C=O) groups is 1. The second-order valence-corrected chi connectivity index (χ2v) is 10.7. The molecule has 0 radical (unpaired) electrons. The smallest absolute Gasteiger partial charge is 0.419 e. The molecule has 0 aliphatic carbocycles. The number of nitrogens with zero attached hydrogens (tertiary/aromatic N) is 4. The van der Waals surface area contributed by atoms with Gasteiger partial charge in [0.05, 0.1) is 18.4 Å². The highest BCUT2D eigenvalue weighted by Crippen LogP contribution is 2.40. The number of halogens is 3. The van der Waals surface area contributed by atoms with Gasteiger partial charge in [0, 0.05) is 48.3 Å². The molecule has 1 aliphatic rings. The molecular weight excluding hydrogens is 487 g/mol. The molecule has 4 heterocycles. The van der Waals surface area contributed by atoms with Gasteiger partial charge in [-0.1, -0.05) is 0 Å². The number of piperidine rings is 1. The van der Waals surface area contributed by atoms with E-state index in [0.717, 1.165) is 11.8 Å². The number of fused-ring (bicyclic) bond motifs is 1. The summed E-state index contributed by atoms with van der Waals surface area (Å²) in [5.41, 5.74) is 0.148. The van der Waals surface area contributed by atoms with Gasteiger partial charge >= 0.3 is 12.3 Å². The van der Waals surface area contributed by atoms with Crippen molar-refractivity contribution in [3.05, 3.63) is 42.0 Å². The number of hydrogen-bond donors (Lipinski definition) is 1. The van der Waals surface area contributed by atoms with Crippen LogP contribution in [0.25, 0.3) is 16.8 Å². The fourth-order valence-electron chi connectivity index (χ4n) is 4.46. The highest BCUT2D eigenvalue weighted by molar-refractivity contribution is 5.71. The molecular formula is C26H32F3N5O3. The third-order valence-electron chi connectivity index (χ3n) is 6.33. The van der Waals surface area contributed by atoms with E-state index < -0.39 is 29.0 Å². The van der Waals surface area contributed by atoms with Gasteiger partial charge in [-0.15, -0.1) is 0 Å². The standard InChI is InChI=1S/C26H32F3N5O3/c1-16-14-34-15-18(12-20(36-6)22(34)31-16)17-11-19(26(27,28)29)21(30-13-17)33-9-7-25(5,8-10-33)32-23(35)37-24(2,3)4/h11-15H,7-10H2,1-6H3,(H,32,35). The number of amides is 1. The maximum absolute atomic E-state index is 14.2. The van der Waals surface area contributed by atoms with E-state index in [-0.39, 0.29) is 5.82 Å². The van der Waals surface area contributed by atoms with E-state index in [4.69, 9.17) is 9.47 Å². The van der Waals surface area contributed by atoms with Crippen molar-refractivity contribution in [2.24, 2.45) is 0 Å². The van der Waals surface area contributed by atoms with Crippen molar-refractivity contribution in [1.29, 1.82) is 0 Å². The molecule has 4 rings (SSSR count). The molecule has 0 aromatic carbocycles. The average Bonchev–Trinajstić information content (AvgIpc) is 3.16. The van der Waals surface area contributed by atoms with Gasteiger partial charge in [-0.25, -0.2) is 14.8 Å². The topological polar surface area (TPSA) is 81.0 Å². The van der Waals surface area contributed by atoms with Crippen LogP contribution in [0.4, 0.5) is 23.8 Å². The fourth-order valence-corrected chi connectivity index (χ4v) is 4.46. The molecule has 0 spiro atoms. The van der Waals surface area contributed by atoms with Crippen LogP contribution >= 0.6 is 0 Å². The van der Waals surface area contributed by atoms with Gasteiger partial charge in [-0.3, -0.25) is 0 Å². The Morgan fingerprint density at radius 2 is 1.78 bits per heavy atom. The number of pyridine rings is 2. The number of carbonyl (C=O) groups excluding carboxylic acids is 1. The van der Waals surface area contributed by atoms with Gasteiger partial charge in [-0.2, -0.15) is 13.2 Å². The van der Waals surface area contributed by atoms with Gasteiger partial charge < -0.3 is 24.1 Å². The number of methoxy groups -OCH3 is 1. The van der Waals surface area contributed by atoms with Gasteiger partial charge in [0.2, 0.25) is 0 Å². The fraction of sp³-hybridized carbons (Fsp3) is 0.500. The Balaban J connectivity index is 1.60. The third kappa shape index (κ3) is 5.91. The largest absolute Gasteiger partial charge is 0.493 e. The minimum absolute atomic E-state index is 0.123. The minimum atomic E-state index is -4.60. The molecule has 1 fully saturated rings. The number of aryl methyl sites for hydroxylation is 1. The number of ether oxygens (including phenoxy) is 2. The first-order valence-corrected chi connectivity index (χ1v) is 12.0. The van der Waals surface area contributed by atoms with Gasteiger partial charge in [-0.05, 0) is 59.6 Å². The van der Waals surface area contributed by atoms with Crippen LogP contribution in [0.2, 0.25) is 0 Å². The van der Waals surface area contributed by atoms with E-state index in [2.05, 4.69) is 15.3 Å². The van der Waals surface area contributed by atoms with Crippen molar-refractivity contribution in [2.75, 3.05) is 25.1 Å².